The molecule has 11 heteroatoms. The lowest BCUT2D eigenvalue weighted by Crippen LogP contribution is -2.41. The van der Waals surface area contributed by atoms with Gasteiger partial charge in [-0.1, -0.05) is 130 Å². The molecule has 0 aromatic rings. The van der Waals surface area contributed by atoms with E-state index >= 15 is 0 Å². The number of unbranched alkanes of at least 4 members (excludes halogenated alkanes) is 18. The minimum Gasteiger partial charge on any atom is -0.465 e. The highest BCUT2D eigenvalue weighted by Gasteiger charge is 2.38. The average Bonchev–Trinajstić information content (AvgIpc) is 3.16. The topological polar surface area (TPSA) is 141 Å². The Morgan fingerprint density at radius 3 is 1.32 bits per heavy atom. The molecule has 0 saturated carbocycles. The van der Waals surface area contributed by atoms with Crippen molar-refractivity contribution in [1.82, 2.24) is 0 Å². The molecule has 0 fully saturated rings. The predicted molar refractivity (Wildman–Crippen MR) is 220 cm³/mol. The van der Waals surface area contributed by atoms with E-state index in [1.54, 1.807) is 20.8 Å². The Labute approximate surface area is 340 Å². The fourth-order valence-corrected chi connectivity index (χ4v) is 5.83. The van der Waals surface area contributed by atoms with E-state index in [0.717, 1.165) is 38.5 Å². The van der Waals surface area contributed by atoms with Gasteiger partial charge in [0.2, 0.25) is 0 Å². The Hall–Kier alpha value is -2.69. The van der Waals surface area contributed by atoms with Crippen molar-refractivity contribution >= 4 is 29.8 Å². The van der Waals surface area contributed by atoms with Crippen molar-refractivity contribution < 1.29 is 52.4 Å². The molecule has 0 aromatic carbocycles. The van der Waals surface area contributed by atoms with Gasteiger partial charge in [-0.3, -0.25) is 24.0 Å². The van der Waals surface area contributed by atoms with Gasteiger partial charge in [-0.25, -0.2) is 0 Å². The summed E-state index contributed by atoms with van der Waals surface area (Å²) in [5, 5.41) is 0. The fourth-order valence-electron chi connectivity index (χ4n) is 5.83. The molecule has 0 N–H and O–H groups in total. The number of carbonyl (C=O) groups is 5. The van der Waals surface area contributed by atoms with Crippen molar-refractivity contribution in [2.45, 2.75) is 215 Å². The van der Waals surface area contributed by atoms with Crippen molar-refractivity contribution in [1.29, 1.82) is 0 Å². The Kier molecular flexibility index (Phi) is 33.8. The van der Waals surface area contributed by atoms with Gasteiger partial charge in [0.1, 0.15) is 25.2 Å². The zero-order chi connectivity index (χ0) is 41.9. The second-order valence-corrected chi connectivity index (χ2v) is 16.3. The zero-order valence-electron chi connectivity index (χ0n) is 36.7. The van der Waals surface area contributed by atoms with E-state index in [1.165, 1.54) is 77.0 Å². The van der Waals surface area contributed by atoms with Crippen LogP contribution < -0.4 is 0 Å². The quantitative estimate of drug-likeness (QED) is 0.0335. The summed E-state index contributed by atoms with van der Waals surface area (Å²) in [6.45, 7) is 12.9. The standard InChI is InChI=1S/C45H82O11/c1-8-10-12-14-16-18-20-22-25-29-40(46)52-33-39(34-53-41(47)30-26-23-21-19-17-15-13-11-9-2)56-42(48)31-27-24-28-32-51-44(50)45(7,35-54-38(5)6)36-55-43(49)37(3)4/h37-39H,8-36H2,1-7H3. The monoisotopic (exact) mass is 799 g/mol. The summed E-state index contributed by atoms with van der Waals surface area (Å²) in [6, 6.07) is 0. The Balaban J connectivity index is 4.78. The molecule has 11 nitrogen and oxygen atoms in total. The van der Waals surface area contributed by atoms with Gasteiger partial charge < -0.3 is 28.4 Å². The summed E-state index contributed by atoms with van der Waals surface area (Å²) >= 11 is 0. The smallest absolute Gasteiger partial charge is 0.317 e. The summed E-state index contributed by atoms with van der Waals surface area (Å²) in [4.78, 5) is 62.8. The molecule has 0 rings (SSSR count). The first kappa shape index (κ1) is 53.3. The van der Waals surface area contributed by atoms with Gasteiger partial charge in [-0.15, -0.1) is 0 Å². The van der Waals surface area contributed by atoms with Gasteiger partial charge in [-0.2, -0.15) is 0 Å². The van der Waals surface area contributed by atoms with Gasteiger partial charge in [-0.05, 0) is 52.9 Å². The summed E-state index contributed by atoms with van der Waals surface area (Å²) in [6.07, 6.45) is 21.9. The van der Waals surface area contributed by atoms with Crippen molar-refractivity contribution in [3.8, 4) is 0 Å². The van der Waals surface area contributed by atoms with Crippen LogP contribution in [0.25, 0.3) is 0 Å². The number of esters is 5. The molecule has 0 aliphatic rings. The maximum Gasteiger partial charge on any atom is 0.317 e. The molecule has 0 aliphatic heterocycles. The number of hydrogen-bond donors (Lipinski definition) is 0. The zero-order valence-corrected chi connectivity index (χ0v) is 36.7. The normalized spacial score (nSPS) is 12.5. The van der Waals surface area contributed by atoms with Crippen LogP contribution in [0.4, 0.5) is 0 Å². The van der Waals surface area contributed by atoms with Crippen LogP contribution in [0.1, 0.15) is 203 Å². The summed E-state index contributed by atoms with van der Waals surface area (Å²) in [5.41, 5.74) is -1.15. The minimum absolute atomic E-state index is 0.0466. The van der Waals surface area contributed by atoms with Gasteiger partial charge in [0.15, 0.2) is 6.10 Å². The predicted octanol–water partition coefficient (Wildman–Crippen LogP) is 10.6. The van der Waals surface area contributed by atoms with Crippen molar-refractivity contribution in [3.63, 3.8) is 0 Å². The first-order chi connectivity index (χ1) is 26.8. The molecule has 0 radical (unpaired) electrons. The molecule has 56 heavy (non-hydrogen) atoms. The van der Waals surface area contributed by atoms with Gasteiger partial charge in [0.05, 0.1) is 25.2 Å². The average molecular weight is 799 g/mol. The van der Waals surface area contributed by atoms with Crippen molar-refractivity contribution in [2.24, 2.45) is 11.3 Å². The molecule has 1 atom stereocenters. The fraction of sp³-hybridized carbons (Fsp3) is 0.889. The van der Waals surface area contributed by atoms with E-state index in [2.05, 4.69) is 13.8 Å². The molecule has 328 valence electrons. The summed E-state index contributed by atoms with van der Waals surface area (Å²) < 4.78 is 33.1. The maximum absolute atomic E-state index is 13.0. The molecular formula is C45H82O11. The third-order valence-corrected chi connectivity index (χ3v) is 9.62. The third kappa shape index (κ3) is 31.4. The molecule has 0 heterocycles. The highest BCUT2D eigenvalue weighted by molar-refractivity contribution is 5.78. The molecule has 0 amide bonds. The molecule has 0 aromatic heterocycles. The highest BCUT2D eigenvalue weighted by atomic mass is 16.6. The van der Waals surface area contributed by atoms with Crippen LogP contribution in [0, 0.1) is 11.3 Å². The Bertz CT molecular complexity index is 990. The Morgan fingerprint density at radius 2 is 0.893 bits per heavy atom. The molecule has 0 spiro atoms. The molecule has 1 unspecified atom stereocenters. The number of rotatable bonds is 38. The summed E-state index contributed by atoms with van der Waals surface area (Å²) in [7, 11) is 0. The second kappa shape index (κ2) is 35.5. The number of hydrogen-bond acceptors (Lipinski definition) is 11. The van der Waals surface area contributed by atoms with Crippen molar-refractivity contribution in [3.05, 3.63) is 0 Å². The Morgan fingerprint density at radius 1 is 0.482 bits per heavy atom. The summed E-state index contributed by atoms with van der Waals surface area (Å²) in [5.74, 6) is -2.43. The van der Waals surface area contributed by atoms with Crippen LogP contribution in [0.15, 0.2) is 0 Å². The number of carbonyl (C=O) groups excluding carboxylic acids is 5. The lowest BCUT2D eigenvalue weighted by molar-refractivity contribution is -0.169. The van der Waals surface area contributed by atoms with E-state index in [4.69, 9.17) is 28.4 Å². The lowest BCUT2D eigenvalue weighted by Gasteiger charge is -2.28. The SMILES string of the molecule is CCCCCCCCCCCC(=O)OCC(COC(=O)CCCCCCCCCCC)OC(=O)CCCCCOC(=O)C(C)(COC(=O)C(C)C)COC(C)C. The third-order valence-electron chi connectivity index (χ3n) is 9.62. The van der Waals surface area contributed by atoms with Gasteiger partial charge >= 0.3 is 29.8 Å². The molecule has 0 bridgehead atoms. The minimum atomic E-state index is -1.15. The van der Waals surface area contributed by atoms with E-state index in [1.807, 2.05) is 13.8 Å². The van der Waals surface area contributed by atoms with Gasteiger partial charge in [0.25, 0.3) is 0 Å². The van der Waals surface area contributed by atoms with E-state index in [0.29, 0.717) is 32.1 Å². The van der Waals surface area contributed by atoms with Crippen LogP contribution in [0.2, 0.25) is 0 Å². The van der Waals surface area contributed by atoms with Crippen LogP contribution >= 0.6 is 0 Å². The van der Waals surface area contributed by atoms with Crippen LogP contribution in [0.3, 0.4) is 0 Å². The van der Waals surface area contributed by atoms with Crippen molar-refractivity contribution in [2.75, 3.05) is 33.0 Å². The molecular weight excluding hydrogens is 716 g/mol. The van der Waals surface area contributed by atoms with E-state index in [9.17, 15) is 24.0 Å². The molecule has 0 aliphatic carbocycles. The second-order valence-electron chi connectivity index (χ2n) is 16.3. The lowest BCUT2D eigenvalue weighted by atomic mass is 9.93. The number of ether oxygens (including phenoxy) is 6. The van der Waals surface area contributed by atoms with E-state index < -0.39 is 29.4 Å². The largest absolute Gasteiger partial charge is 0.465 e. The van der Waals surface area contributed by atoms with Crippen LogP contribution in [-0.4, -0.2) is 75.1 Å². The maximum atomic E-state index is 13.0. The first-order valence-electron chi connectivity index (χ1n) is 22.3. The van der Waals surface area contributed by atoms with Crippen LogP contribution in [-0.2, 0) is 52.4 Å². The highest BCUT2D eigenvalue weighted by Crippen LogP contribution is 2.22. The van der Waals surface area contributed by atoms with E-state index in [-0.39, 0.29) is 63.4 Å². The van der Waals surface area contributed by atoms with Crippen LogP contribution in [0.5, 0.6) is 0 Å². The van der Waals surface area contributed by atoms with Gasteiger partial charge in [0, 0.05) is 19.3 Å². The molecule has 0 saturated heterocycles. The first-order valence-corrected chi connectivity index (χ1v) is 22.3.